The Morgan fingerprint density at radius 3 is 1.81 bits per heavy atom. The molecule has 3 rings (SSSR count). The molecule has 0 aliphatic rings. The molecule has 4 nitrogen and oxygen atoms in total. The van der Waals surface area contributed by atoms with E-state index in [1.54, 1.807) is 60.7 Å². The van der Waals surface area contributed by atoms with Gasteiger partial charge in [0.05, 0.1) is 5.56 Å². The Bertz CT molecular complexity index is 1010. The summed E-state index contributed by atoms with van der Waals surface area (Å²) in [5, 5.41) is 0. The first-order valence-electron chi connectivity index (χ1n) is 10.9. The zero-order valence-electron chi connectivity index (χ0n) is 18.2. The van der Waals surface area contributed by atoms with Crippen molar-refractivity contribution >= 4 is 11.9 Å². The standard InChI is InChI=1S/C27H27FO4/c1-2-3-4-5-6-7-26(29)31-24-16-18-25(19-17-24)32-27(30)22-10-8-20(9-11-22)21-12-14-23(28)15-13-21/h8-19H,2-7H2,1H3. The highest BCUT2D eigenvalue weighted by Crippen LogP contribution is 2.22. The Morgan fingerprint density at radius 1 is 0.688 bits per heavy atom. The van der Waals surface area contributed by atoms with Crippen LogP contribution in [0.3, 0.4) is 0 Å². The lowest BCUT2D eigenvalue weighted by Crippen LogP contribution is -2.09. The van der Waals surface area contributed by atoms with Gasteiger partial charge < -0.3 is 9.47 Å². The quantitative estimate of drug-likeness (QED) is 0.196. The number of benzene rings is 3. The fourth-order valence-electron chi connectivity index (χ4n) is 3.24. The van der Waals surface area contributed by atoms with E-state index in [9.17, 15) is 14.0 Å². The van der Waals surface area contributed by atoms with E-state index in [1.165, 1.54) is 25.0 Å². The lowest BCUT2D eigenvalue weighted by atomic mass is 10.0. The molecule has 166 valence electrons. The van der Waals surface area contributed by atoms with Crippen molar-refractivity contribution in [2.45, 2.75) is 45.4 Å². The van der Waals surface area contributed by atoms with Crippen LogP contribution in [0, 0.1) is 5.82 Å². The summed E-state index contributed by atoms with van der Waals surface area (Å²) in [6.07, 6.45) is 5.75. The molecule has 0 aliphatic carbocycles. The van der Waals surface area contributed by atoms with E-state index in [1.807, 2.05) is 0 Å². The fourth-order valence-corrected chi connectivity index (χ4v) is 3.24. The highest BCUT2D eigenvalue weighted by atomic mass is 19.1. The monoisotopic (exact) mass is 434 g/mol. The van der Waals surface area contributed by atoms with E-state index in [0.717, 1.165) is 30.4 Å². The summed E-state index contributed by atoms with van der Waals surface area (Å²) >= 11 is 0. The molecule has 3 aromatic carbocycles. The van der Waals surface area contributed by atoms with Gasteiger partial charge in [-0.1, -0.05) is 56.9 Å². The Labute approximate surface area is 188 Å². The molecule has 0 spiro atoms. The van der Waals surface area contributed by atoms with Crippen LogP contribution >= 0.6 is 0 Å². The average Bonchev–Trinajstić information content (AvgIpc) is 2.81. The molecule has 0 atom stereocenters. The van der Waals surface area contributed by atoms with E-state index in [0.29, 0.717) is 23.5 Å². The summed E-state index contributed by atoms with van der Waals surface area (Å²) in [6.45, 7) is 2.15. The van der Waals surface area contributed by atoms with Gasteiger partial charge in [0.15, 0.2) is 0 Å². The van der Waals surface area contributed by atoms with E-state index in [-0.39, 0.29) is 11.8 Å². The number of rotatable bonds is 10. The summed E-state index contributed by atoms with van der Waals surface area (Å²) in [5.74, 6) is -0.263. The van der Waals surface area contributed by atoms with Crippen molar-refractivity contribution in [2.24, 2.45) is 0 Å². The first kappa shape index (κ1) is 23.2. The second-order valence-corrected chi connectivity index (χ2v) is 7.58. The molecule has 0 saturated heterocycles. The number of unbranched alkanes of at least 4 members (excludes halogenated alkanes) is 4. The first-order valence-corrected chi connectivity index (χ1v) is 10.9. The minimum Gasteiger partial charge on any atom is -0.427 e. The van der Waals surface area contributed by atoms with E-state index in [2.05, 4.69) is 6.92 Å². The Morgan fingerprint density at radius 2 is 1.22 bits per heavy atom. The smallest absolute Gasteiger partial charge is 0.343 e. The van der Waals surface area contributed by atoms with Crippen molar-refractivity contribution in [3.8, 4) is 22.6 Å². The SMILES string of the molecule is CCCCCCCC(=O)Oc1ccc(OC(=O)c2ccc(-c3ccc(F)cc3)cc2)cc1. The molecule has 0 unspecified atom stereocenters. The van der Waals surface area contributed by atoms with Crippen LogP contribution in [0.4, 0.5) is 4.39 Å². The van der Waals surface area contributed by atoms with Gasteiger partial charge >= 0.3 is 11.9 Å². The molecule has 0 radical (unpaired) electrons. The van der Waals surface area contributed by atoms with Crippen molar-refractivity contribution in [2.75, 3.05) is 0 Å². The Hall–Kier alpha value is -3.47. The zero-order chi connectivity index (χ0) is 22.8. The van der Waals surface area contributed by atoms with Crippen LogP contribution in [-0.4, -0.2) is 11.9 Å². The van der Waals surface area contributed by atoms with Crippen LogP contribution in [0.2, 0.25) is 0 Å². The van der Waals surface area contributed by atoms with Crippen LogP contribution in [-0.2, 0) is 4.79 Å². The number of hydrogen-bond acceptors (Lipinski definition) is 4. The van der Waals surface area contributed by atoms with Crippen molar-refractivity contribution in [1.82, 2.24) is 0 Å². The normalized spacial score (nSPS) is 10.6. The summed E-state index contributed by atoms with van der Waals surface area (Å²) < 4.78 is 23.8. The Kier molecular flexibility index (Phi) is 8.55. The van der Waals surface area contributed by atoms with Crippen molar-refractivity contribution in [1.29, 1.82) is 0 Å². The van der Waals surface area contributed by atoms with Crippen LogP contribution < -0.4 is 9.47 Å². The Balaban J connectivity index is 1.50. The lowest BCUT2D eigenvalue weighted by Gasteiger charge is -2.08. The highest BCUT2D eigenvalue weighted by Gasteiger charge is 2.10. The first-order chi connectivity index (χ1) is 15.5. The summed E-state index contributed by atoms with van der Waals surface area (Å²) in [4.78, 5) is 24.3. The van der Waals surface area contributed by atoms with Gasteiger partial charge in [0.25, 0.3) is 0 Å². The van der Waals surface area contributed by atoms with Gasteiger partial charge in [-0.25, -0.2) is 9.18 Å². The maximum absolute atomic E-state index is 13.1. The van der Waals surface area contributed by atoms with Gasteiger partial charge in [-0.2, -0.15) is 0 Å². The predicted octanol–water partition coefficient (Wildman–Crippen LogP) is 6.98. The molecule has 0 fully saturated rings. The number of halogens is 1. The summed E-state index contributed by atoms with van der Waals surface area (Å²) in [5.41, 5.74) is 2.13. The molecule has 0 saturated carbocycles. The highest BCUT2D eigenvalue weighted by molar-refractivity contribution is 5.91. The lowest BCUT2D eigenvalue weighted by molar-refractivity contribution is -0.134. The zero-order valence-corrected chi connectivity index (χ0v) is 18.2. The maximum atomic E-state index is 13.1. The van der Waals surface area contributed by atoms with Crippen molar-refractivity contribution in [3.63, 3.8) is 0 Å². The molecule has 5 heteroatoms. The fraction of sp³-hybridized carbons (Fsp3) is 0.259. The second-order valence-electron chi connectivity index (χ2n) is 7.58. The molecule has 32 heavy (non-hydrogen) atoms. The predicted molar refractivity (Wildman–Crippen MR) is 122 cm³/mol. The number of carbonyl (C=O) groups excluding carboxylic acids is 2. The molecular formula is C27H27FO4. The molecule has 0 aromatic heterocycles. The van der Waals surface area contributed by atoms with Gasteiger partial charge in [0.1, 0.15) is 17.3 Å². The van der Waals surface area contributed by atoms with Crippen LogP contribution in [0.25, 0.3) is 11.1 Å². The van der Waals surface area contributed by atoms with Gasteiger partial charge in [-0.05, 0) is 66.1 Å². The minimum atomic E-state index is -0.493. The molecule has 3 aromatic rings. The third-order valence-electron chi connectivity index (χ3n) is 5.05. The number of carbonyl (C=O) groups is 2. The maximum Gasteiger partial charge on any atom is 0.343 e. The van der Waals surface area contributed by atoms with Crippen molar-refractivity contribution < 1.29 is 23.5 Å². The molecule has 0 amide bonds. The van der Waals surface area contributed by atoms with E-state index in [4.69, 9.17) is 9.47 Å². The van der Waals surface area contributed by atoms with E-state index >= 15 is 0 Å². The third kappa shape index (κ3) is 7.05. The van der Waals surface area contributed by atoms with Gasteiger partial charge in [0.2, 0.25) is 0 Å². The minimum absolute atomic E-state index is 0.257. The molecule has 0 heterocycles. The second kappa shape index (κ2) is 11.8. The van der Waals surface area contributed by atoms with Crippen molar-refractivity contribution in [3.05, 3.63) is 84.2 Å². The molecule has 0 N–H and O–H groups in total. The number of ether oxygens (including phenoxy) is 2. The summed E-state index contributed by atoms with van der Waals surface area (Å²) in [7, 11) is 0. The molecule has 0 aliphatic heterocycles. The number of hydrogen-bond donors (Lipinski definition) is 0. The average molecular weight is 435 g/mol. The summed E-state index contributed by atoms with van der Waals surface area (Å²) in [6, 6.07) is 19.5. The van der Waals surface area contributed by atoms with Gasteiger partial charge in [-0.3, -0.25) is 4.79 Å². The molecular weight excluding hydrogens is 407 g/mol. The topological polar surface area (TPSA) is 52.6 Å². The van der Waals surface area contributed by atoms with Crippen LogP contribution in [0.15, 0.2) is 72.8 Å². The van der Waals surface area contributed by atoms with E-state index < -0.39 is 5.97 Å². The largest absolute Gasteiger partial charge is 0.427 e. The van der Waals surface area contributed by atoms with Crippen LogP contribution in [0.5, 0.6) is 11.5 Å². The molecule has 0 bridgehead atoms. The van der Waals surface area contributed by atoms with Gasteiger partial charge in [-0.15, -0.1) is 0 Å². The number of esters is 2. The van der Waals surface area contributed by atoms with Crippen LogP contribution in [0.1, 0.15) is 55.8 Å². The third-order valence-corrected chi connectivity index (χ3v) is 5.05. The van der Waals surface area contributed by atoms with Gasteiger partial charge in [0, 0.05) is 6.42 Å².